The SMILES string of the molecule is Cc1ccccc1NS(=O)(=O)c1cc(C(N)=O)ccc1Cl. The smallest absolute Gasteiger partial charge is 0.263 e. The van der Waals surface area contributed by atoms with Gasteiger partial charge >= 0.3 is 0 Å². The Balaban J connectivity index is 2.47. The number of para-hydroxylation sites is 1. The number of halogens is 1. The van der Waals surface area contributed by atoms with E-state index < -0.39 is 15.9 Å². The van der Waals surface area contributed by atoms with Crippen molar-refractivity contribution in [1.29, 1.82) is 0 Å². The molecule has 0 aliphatic carbocycles. The fraction of sp³-hybridized carbons (Fsp3) is 0.0714. The highest BCUT2D eigenvalue weighted by Crippen LogP contribution is 2.26. The lowest BCUT2D eigenvalue weighted by Crippen LogP contribution is -2.16. The largest absolute Gasteiger partial charge is 0.366 e. The molecule has 0 saturated heterocycles. The molecule has 0 atom stereocenters. The Morgan fingerprint density at radius 2 is 1.86 bits per heavy atom. The molecule has 0 saturated carbocycles. The number of benzene rings is 2. The van der Waals surface area contributed by atoms with Crippen molar-refractivity contribution < 1.29 is 13.2 Å². The van der Waals surface area contributed by atoms with Crippen molar-refractivity contribution in [1.82, 2.24) is 0 Å². The van der Waals surface area contributed by atoms with Gasteiger partial charge in [-0.15, -0.1) is 0 Å². The number of rotatable bonds is 4. The Bertz CT molecular complexity index is 804. The summed E-state index contributed by atoms with van der Waals surface area (Å²) < 4.78 is 27.2. The van der Waals surface area contributed by atoms with Gasteiger partial charge in [0.15, 0.2) is 0 Å². The molecular weight excluding hydrogens is 312 g/mol. The average molecular weight is 325 g/mol. The number of amides is 1. The summed E-state index contributed by atoms with van der Waals surface area (Å²) in [4.78, 5) is 11.0. The molecule has 2 aromatic rings. The van der Waals surface area contributed by atoms with Crippen LogP contribution in [0, 0.1) is 6.92 Å². The summed E-state index contributed by atoms with van der Waals surface area (Å²) in [5, 5.41) is 0.0149. The number of hydrogen-bond donors (Lipinski definition) is 2. The molecule has 2 rings (SSSR count). The lowest BCUT2D eigenvalue weighted by atomic mass is 10.2. The topological polar surface area (TPSA) is 89.3 Å². The number of nitrogens with one attached hydrogen (secondary N) is 1. The highest BCUT2D eigenvalue weighted by atomic mass is 35.5. The molecule has 7 heteroatoms. The van der Waals surface area contributed by atoms with E-state index in [-0.39, 0.29) is 15.5 Å². The molecule has 0 unspecified atom stereocenters. The molecule has 5 nitrogen and oxygen atoms in total. The summed E-state index contributed by atoms with van der Waals surface area (Å²) in [5.74, 6) is -0.723. The maximum Gasteiger partial charge on any atom is 0.263 e. The van der Waals surface area contributed by atoms with Crippen LogP contribution in [-0.2, 0) is 10.0 Å². The molecule has 21 heavy (non-hydrogen) atoms. The van der Waals surface area contributed by atoms with Crippen LogP contribution in [0.15, 0.2) is 47.4 Å². The third kappa shape index (κ3) is 3.34. The molecular formula is C14H13ClN2O3S. The highest BCUT2D eigenvalue weighted by molar-refractivity contribution is 7.92. The number of carbonyl (C=O) groups excluding carboxylic acids is 1. The fourth-order valence-electron chi connectivity index (χ4n) is 1.75. The normalized spacial score (nSPS) is 11.1. The van der Waals surface area contributed by atoms with Crippen molar-refractivity contribution in [3.05, 3.63) is 58.6 Å². The zero-order valence-corrected chi connectivity index (χ0v) is 12.7. The molecule has 2 aromatic carbocycles. The van der Waals surface area contributed by atoms with Gasteiger partial charge in [-0.25, -0.2) is 8.42 Å². The minimum Gasteiger partial charge on any atom is -0.366 e. The quantitative estimate of drug-likeness (QED) is 0.905. The lowest BCUT2D eigenvalue weighted by molar-refractivity contribution is 0.1000. The Hall–Kier alpha value is -2.05. The van der Waals surface area contributed by atoms with Crippen molar-refractivity contribution in [3.63, 3.8) is 0 Å². The highest BCUT2D eigenvalue weighted by Gasteiger charge is 2.20. The molecule has 0 aromatic heterocycles. The van der Waals surface area contributed by atoms with Crippen molar-refractivity contribution >= 4 is 33.2 Å². The zero-order valence-electron chi connectivity index (χ0n) is 11.1. The van der Waals surface area contributed by atoms with E-state index in [1.807, 2.05) is 0 Å². The molecule has 0 aliphatic heterocycles. The van der Waals surface area contributed by atoms with Crippen LogP contribution in [-0.4, -0.2) is 14.3 Å². The second-order valence-corrected chi connectivity index (χ2v) is 6.49. The summed E-state index contributed by atoms with van der Waals surface area (Å²) in [7, 11) is -3.91. The summed E-state index contributed by atoms with van der Waals surface area (Å²) >= 11 is 5.92. The van der Waals surface area contributed by atoms with E-state index in [2.05, 4.69) is 4.72 Å². The second kappa shape index (κ2) is 5.75. The van der Waals surface area contributed by atoms with Gasteiger partial charge in [0.05, 0.1) is 10.7 Å². The van der Waals surface area contributed by atoms with Crippen LogP contribution in [0.25, 0.3) is 0 Å². The van der Waals surface area contributed by atoms with Gasteiger partial charge in [0.1, 0.15) is 4.90 Å². The maximum atomic E-state index is 12.4. The van der Waals surface area contributed by atoms with Crippen molar-refractivity contribution in [2.75, 3.05) is 4.72 Å². The van der Waals surface area contributed by atoms with E-state index >= 15 is 0 Å². The number of primary amides is 1. The molecule has 1 amide bonds. The third-order valence-electron chi connectivity index (χ3n) is 2.89. The van der Waals surface area contributed by atoms with E-state index in [1.165, 1.54) is 12.1 Å². The van der Waals surface area contributed by atoms with Crippen molar-refractivity contribution in [2.24, 2.45) is 5.73 Å². The van der Waals surface area contributed by atoms with E-state index in [1.54, 1.807) is 31.2 Å². The van der Waals surface area contributed by atoms with E-state index in [0.29, 0.717) is 5.69 Å². The van der Waals surface area contributed by atoms with Crippen LogP contribution >= 0.6 is 11.6 Å². The Morgan fingerprint density at radius 1 is 1.19 bits per heavy atom. The van der Waals surface area contributed by atoms with Crippen LogP contribution in [0.3, 0.4) is 0 Å². The van der Waals surface area contributed by atoms with Gasteiger partial charge in [-0.1, -0.05) is 29.8 Å². The number of aryl methyl sites for hydroxylation is 1. The van der Waals surface area contributed by atoms with Gasteiger partial charge in [-0.2, -0.15) is 0 Å². The Kier molecular flexibility index (Phi) is 4.20. The van der Waals surface area contributed by atoms with Crippen molar-refractivity contribution in [3.8, 4) is 0 Å². The van der Waals surface area contributed by atoms with Crippen LogP contribution in [0.5, 0.6) is 0 Å². The lowest BCUT2D eigenvalue weighted by Gasteiger charge is -2.12. The predicted molar refractivity (Wildman–Crippen MR) is 82.0 cm³/mol. The first-order chi connectivity index (χ1) is 9.81. The summed E-state index contributed by atoms with van der Waals surface area (Å²) in [6, 6.07) is 10.8. The molecule has 0 bridgehead atoms. The van der Waals surface area contributed by atoms with E-state index in [0.717, 1.165) is 11.6 Å². The van der Waals surface area contributed by atoms with Crippen LogP contribution in [0.1, 0.15) is 15.9 Å². The standard InChI is InChI=1S/C14H13ClN2O3S/c1-9-4-2-3-5-12(9)17-21(19,20)13-8-10(14(16)18)6-7-11(13)15/h2-8,17H,1H3,(H2,16,18). The first-order valence-electron chi connectivity index (χ1n) is 5.99. The van der Waals surface area contributed by atoms with Gasteiger partial charge in [-0.05, 0) is 36.8 Å². The van der Waals surface area contributed by atoms with Crippen LogP contribution in [0.2, 0.25) is 5.02 Å². The van der Waals surface area contributed by atoms with E-state index in [4.69, 9.17) is 17.3 Å². The molecule has 110 valence electrons. The van der Waals surface area contributed by atoms with Gasteiger partial charge in [0, 0.05) is 5.56 Å². The first kappa shape index (κ1) is 15.3. The Morgan fingerprint density at radius 3 is 2.48 bits per heavy atom. The zero-order chi connectivity index (χ0) is 15.6. The predicted octanol–water partition coefficient (Wildman–Crippen LogP) is 2.55. The molecule has 0 radical (unpaired) electrons. The van der Waals surface area contributed by atoms with Gasteiger partial charge in [0.25, 0.3) is 10.0 Å². The minimum atomic E-state index is -3.91. The number of carbonyl (C=O) groups is 1. The molecule has 0 spiro atoms. The monoisotopic (exact) mass is 324 g/mol. The number of anilines is 1. The molecule has 0 fully saturated rings. The average Bonchev–Trinajstić information content (AvgIpc) is 2.41. The summed E-state index contributed by atoms with van der Waals surface area (Å²) in [5.41, 5.74) is 6.44. The van der Waals surface area contributed by atoms with Gasteiger partial charge in [-0.3, -0.25) is 9.52 Å². The molecule has 0 aliphatic rings. The van der Waals surface area contributed by atoms with Crippen LogP contribution < -0.4 is 10.5 Å². The fourth-order valence-corrected chi connectivity index (χ4v) is 3.41. The number of sulfonamides is 1. The summed E-state index contributed by atoms with van der Waals surface area (Å²) in [6.45, 7) is 1.78. The van der Waals surface area contributed by atoms with Gasteiger partial charge < -0.3 is 5.73 Å². The second-order valence-electron chi connectivity index (χ2n) is 4.43. The Labute approximate surface area is 127 Å². The first-order valence-corrected chi connectivity index (χ1v) is 7.85. The van der Waals surface area contributed by atoms with E-state index in [9.17, 15) is 13.2 Å². The number of hydrogen-bond acceptors (Lipinski definition) is 3. The minimum absolute atomic E-state index is 0.0149. The van der Waals surface area contributed by atoms with Crippen molar-refractivity contribution in [2.45, 2.75) is 11.8 Å². The summed E-state index contributed by atoms with van der Waals surface area (Å²) in [6.07, 6.45) is 0. The maximum absolute atomic E-state index is 12.4. The third-order valence-corrected chi connectivity index (χ3v) is 4.74. The molecule has 0 heterocycles. The van der Waals surface area contributed by atoms with Gasteiger partial charge in [0.2, 0.25) is 5.91 Å². The van der Waals surface area contributed by atoms with Crippen LogP contribution in [0.4, 0.5) is 5.69 Å². The number of nitrogens with two attached hydrogens (primary N) is 1. The molecule has 3 N–H and O–H groups in total.